The van der Waals surface area contributed by atoms with Crippen molar-refractivity contribution in [2.45, 2.75) is 89.8 Å². The molecule has 4 atom stereocenters. The van der Waals surface area contributed by atoms with E-state index in [1.165, 1.54) is 0 Å². The van der Waals surface area contributed by atoms with E-state index in [9.17, 15) is 29.4 Å². The Balaban J connectivity index is 1.84. The molecule has 0 radical (unpaired) electrons. The van der Waals surface area contributed by atoms with E-state index < -0.39 is 24.0 Å². The lowest BCUT2D eigenvalue weighted by Crippen LogP contribution is -2.40. The van der Waals surface area contributed by atoms with Gasteiger partial charge in [-0.05, 0) is 123 Å². The highest BCUT2D eigenvalue weighted by molar-refractivity contribution is 7.99. The third-order valence-corrected chi connectivity index (χ3v) is 13.6. The van der Waals surface area contributed by atoms with Crippen LogP contribution in [-0.2, 0) is 32.0 Å². The molecule has 12 N–H and O–H groups in total. The Labute approximate surface area is 345 Å². The van der Waals surface area contributed by atoms with Gasteiger partial charge in [0.2, 0.25) is 11.8 Å². The van der Waals surface area contributed by atoms with Crippen LogP contribution in [-0.4, -0.2) is 91.6 Å². The second kappa shape index (κ2) is 18.8. The van der Waals surface area contributed by atoms with Crippen LogP contribution in [0.4, 0.5) is 0 Å². The number of amides is 2. The van der Waals surface area contributed by atoms with Gasteiger partial charge >= 0.3 is 11.9 Å². The summed E-state index contributed by atoms with van der Waals surface area (Å²) < 4.78 is 0. The summed E-state index contributed by atoms with van der Waals surface area (Å²) in [6.07, 6.45) is 8.61. The number of nitrogens with one attached hydrogen (secondary N) is 6. The first-order chi connectivity index (χ1) is 27.4. The molecule has 14 nitrogen and oxygen atoms in total. The average molecular weight is 833 g/mol. The van der Waals surface area contributed by atoms with Crippen LogP contribution in [0.25, 0.3) is 24.3 Å². The standard InChI is InChI=1S/C42H56N8O6S2/c1-19-25(9-11-37(51)52)33-16-34-26(10-12-38(53)54)20(2)30(48-34)14-35-40(24(6)58-18-28(44)42(56)46-8)22(4)32(50-35)15-36-39(21(3)31(49-36)13-29(19)47-33)23(5)57-17-27(43)41(55)45-7/h13-16,23-24,27-28,47-50H,9-12,17-18,43-44H2,1-8H3,(H,45,55)(H,46,56)(H,51,52)(H,53,54)/t23-,24+,27+,28+/m0/s1. The number of aromatic amines is 4. The third-order valence-electron chi connectivity index (χ3n) is 11.0. The number of H-pyrrole nitrogens is 4. The van der Waals surface area contributed by atoms with Crippen molar-refractivity contribution in [1.82, 2.24) is 30.6 Å². The number of hydrogen-bond donors (Lipinski definition) is 10. The molecule has 1 aliphatic heterocycles. The molecule has 0 aliphatic carbocycles. The zero-order chi connectivity index (χ0) is 42.6. The second-order valence-electron chi connectivity index (χ2n) is 14.9. The molecule has 8 bridgehead atoms. The Morgan fingerprint density at radius 3 is 1.60 bits per heavy atom. The molecule has 4 aromatic rings. The molecule has 2 amide bonds. The number of likely N-dealkylation sites (N-methyl/N-ethyl adjacent to an activating group) is 2. The number of rotatable bonds is 16. The van der Waals surface area contributed by atoms with E-state index in [1.54, 1.807) is 37.6 Å². The molecule has 0 fully saturated rings. The van der Waals surface area contributed by atoms with Crippen LogP contribution in [0.2, 0.25) is 0 Å². The third kappa shape index (κ3) is 9.68. The summed E-state index contributed by atoms with van der Waals surface area (Å²) in [4.78, 5) is 62.8. The van der Waals surface area contributed by atoms with Crippen LogP contribution in [0.3, 0.4) is 0 Å². The zero-order valence-electron chi connectivity index (χ0n) is 34.4. The van der Waals surface area contributed by atoms with Gasteiger partial charge in [-0.3, -0.25) is 19.2 Å². The fourth-order valence-electron chi connectivity index (χ4n) is 7.63. The van der Waals surface area contributed by atoms with E-state index in [0.29, 0.717) is 17.9 Å². The fourth-order valence-corrected chi connectivity index (χ4v) is 9.87. The topological polar surface area (TPSA) is 248 Å². The predicted molar refractivity (Wildman–Crippen MR) is 233 cm³/mol. The van der Waals surface area contributed by atoms with Crippen molar-refractivity contribution in [3.63, 3.8) is 0 Å². The van der Waals surface area contributed by atoms with Gasteiger partial charge in [0, 0.05) is 93.1 Å². The minimum atomic E-state index is -0.907. The molecule has 0 aromatic carbocycles. The Kier molecular flexibility index (Phi) is 14.3. The molecule has 0 spiro atoms. The fraction of sp³-hybridized carbons (Fsp3) is 0.429. The second-order valence-corrected chi connectivity index (χ2v) is 17.6. The van der Waals surface area contributed by atoms with Crippen molar-refractivity contribution in [3.05, 3.63) is 88.7 Å². The highest BCUT2D eigenvalue weighted by Crippen LogP contribution is 2.36. The van der Waals surface area contributed by atoms with Crippen molar-refractivity contribution in [2.24, 2.45) is 11.5 Å². The lowest BCUT2D eigenvalue weighted by molar-refractivity contribution is -0.138. The Morgan fingerprint density at radius 1 is 0.586 bits per heavy atom. The van der Waals surface area contributed by atoms with Crippen molar-refractivity contribution >= 4 is 71.6 Å². The minimum Gasteiger partial charge on any atom is -0.481 e. The number of aromatic nitrogens is 4. The average Bonchev–Trinajstić information content (AvgIpc) is 3.85. The van der Waals surface area contributed by atoms with Gasteiger partial charge in [0.05, 0.1) is 12.1 Å². The summed E-state index contributed by atoms with van der Waals surface area (Å²) in [6.45, 7) is 12.3. The quantitative estimate of drug-likeness (QED) is 0.0689. The molecule has 1 aliphatic rings. The van der Waals surface area contributed by atoms with Crippen LogP contribution in [0.5, 0.6) is 0 Å². The molecule has 58 heavy (non-hydrogen) atoms. The van der Waals surface area contributed by atoms with Gasteiger partial charge in [-0.15, -0.1) is 0 Å². The summed E-state index contributed by atoms with van der Waals surface area (Å²) in [5.74, 6) is -1.46. The molecule has 5 heterocycles. The van der Waals surface area contributed by atoms with Gasteiger partial charge in [0.25, 0.3) is 0 Å². The van der Waals surface area contributed by atoms with Gasteiger partial charge in [-0.1, -0.05) is 0 Å². The van der Waals surface area contributed by atoms with Gasteiger partial charge in [0.1, 0.15) is 0 Å². The molecular weight excluding hydrogens is 777 g/mol. The molecule has 4 aromatic heterocycles. The Morgan fingerprint density at radius 2 is 1.03 bits per heavy atom. The number of nitrogens with two attached hydrogens (primary N) is 2. The number of carbonyl (C=O) groups is 4. The van der Waals surface area contributed by atoms with Gasteiger partial charge < -0.3 is 52.2 Å². The molecule has 16 heteroatoms. The number of fused-ring (bicyclic) bond motifs is 8. The number of carbonyl (C=O) groups excluding carboxylic acids is 2. The predicted octanol–water partition coefficient (Wildman–Crippen LogP) is 1.63. The molecule has 5 rings (SSSR count). The minimum absolute atomic E-state index is 0.0625. The molecular formula is C42H56N8O6S2. The highest BCUT2D eigenvalue weighted by Gasteiger charge is 2.24. The van der Waals surface area contributed by atoms with E-state index in [-0.39, 0.29) is 41.6 Å². The van der Waals surface area contributed by atoms with Crippen molar-refractivity contribution in [3.8, 4) is 0 Å². The first kappa shape index (κ1) is 44.2. The van der Waals surface area contributed by atoms with Crippen LogP contribution >= 0.6 is 23.5 Å². The first-order valence-electron chi connectivity index (χ1n) is 19.3. The number of thioether (sulfide) groups is 2. The summed E-state index contributed by atoms with van der Waals surface area (Å²) in [6, 6.07) is -1.36. The number of aliphatic carboxylic acids is 2. The zero-order valence-corrected chi connectivity index (χ0v) is 36.0. The summed E-state index contributed by atoms with van der Waals surface area (Å²) in [5.41, 5.74) is 23.4. The van der Waals surface area contributed by atoms with Crippen LogP contribution in [0.1, 0.15) is 104 Å². The SMILES string of the molecule is CNC(=O)[C@H](N)CS[C@@H](C)c1c(C)c2[nH]c1=Cc1[nH]c(c([C@@H](C)SC[C@@H](N)C(=O)NC)c1C)C=c1[nH]c(c(CCC(=O)O)c1C)=Cc1[nH]c(c(C)c1CCC(=O)O)C=2. The summed E-state index contributed by atoms with van der Waals surface area (Å²) in [5, 5.41) is 27.8. The van der Waals surface area contributed by atoms with Crippen LogP contribution in [0, 0.1) is 27.7 Å². The molecule has 0 unspecified atom stereocenters. The van der Waals surface area contributed by atoms with Crippen LogP contribution in [0.15, 0.2) is 0 Å². The number of hydrogen-bond acceptors (Lipinski definition) is 8. The number of carboxylic acid groups (broad SMARTS) is 2. The lowest BCUT2D eigenvalue weighted by atomic mass is 10.0. The monoisotopic (exact) mass is 832 g/mol. The van der Waals surface area contributed by atoms with E-state index >= 15 is 0 Å². The van der Waals surface area contributed by atoms with Crippen LogP contribution < -0.4 is 43.5 Å². The largest absolute Gasteiger partial charge is 0.481 e. The normalized spacial score (nSPS) is 14.2. The summed E-state index contributed by atoms with van der Waals surface area (Å²) in [7, 11) is 3.14. The summed E-state index contributed by atoms with van der Waals surface area (Å²) >= 11 is 3.18. The van der Waals surface area contributed by atoms with Crippen molar-refractivity contribution in [2.75, 3.05) is 25.6 Å². The maximum Gasteiger partial charge on any atom is 0.303 e. The van der Waals surface area contributed by atoms with E-state index in [2.05, 4.69) is 64.3 Å². The van der Waals surface area contributed by atoms with Gasteiger partial charge in [0.15, 0.2) is 0 Å². The van der Waals surface area contributed by atoms with Crippen molar-refractivity contribution in [1.29, 1.82) is 0 Å². The van der Waals surface area contributed by atoms with E-state index in [1.807, 2.05) is 32.1 Å². The van der Waals surface area contributed by atoms with E-state index in [4.69, 9.17) is 11.5 Å². The lowest BCUT2D eigenvalue weighted by Gasteiger charge is -2.16. The van der Waals surface area contributed by atoms with Crippen molar-refractivity contribution < 1.29 is 29.4 Å². The van der Waals surface area contributed by atoms with Gasteiger partial charge in [-0.2, -0.15) is 23.5 Å². The first-order valence-corrected chi connectivity index (χ1v) is 21.4. The smallest absolute Gasteiger partial charge is 0.303 e. The molecule has 0 saturated carbocycles. The maximum absolute atomic E-state index is 12.3. The maximum atomic E-state index is 12.3. The van der Waals surface area contributed by atoms with E-state index in [0.717, 1.165) is 88.7 Å². The highest BCUT2D eigenvalue weighted by atomic mass is 32.2. The molecule has 0 saturated heterocycles. The Bertz CT molecular complexity index is 2470. The number of carboxylic acids is 2. The van der Waals surface area contributed by atoms with Gasteiger partial charge in [-0.25, -0.2) is 0 Å². The molecule has 312 valence electrons. The Hall–Kier alpha value is -4.90.